The quantitative estimate of drug-likeness (QED) is 0.404. The van der Waals surface area contributed by atoms with E-state index in [0.29, 0.717) is 27.9 Å². The first-order valence-electron chi connectivity index (χ1n) is 11.0. The number of nitrogens with two attached hydrogens (primary N) is 1. The number of rotatable bonds is 6. The van der Waals surface area contributed by atoms with Crippen LogP contribution in [0.4, 0.5) is 18.9 Å². The number of nitrogens with zero attached hydrogens (tertiary/aromatic N) is 6. The molecule has 13 heteroatoms. The van der Waals surface area contributed by atoms with Crippen LogP contribution in [0.2, 0.25) is 0 Å². The molecule has 0 radical (unpaired) electrons. The highest BCUT2D eigenvalue weighted by atomic mass is 19.4. The van der Waals surface area contributed by atoms with Crippen LogP contribution in [0.3, 0.4) is 0 Å². The van der Waals surface area contributed by atoms with Gasteiger partial charge >= 0.3 is 6.18 Å². The molecule has 0 aliphatic carbocycles. The average Bonchev–Trinajstić information content (AvgIpc) is 3.27. The maximum Gasteiger partial charge on any atom is 0.433 e. The number of aryl methyl sites for hydroxylation is 2. The van der Waals surface area contributed by atoms with Gasteiger partial charge in [0.15, 0.2) is 11.5 Å². The third-order valence-electron chi connectivity index (χ3n) is 5.71. The topological polar surface area (TPSA) is 140 Å². The van der Waals surface area contributed by atoms with Crippen molar-refractivity contribution in [3.8, 4) is 11.4 Å². The fourth-order valence-electron chi connectivity index (χ4n) is 3.89. The monoisotopic (exact) mass is 513 g/mol. The molecule has 0 bridgehead atoms. The second-order valence-electron chi connectivity index (χ2n) is 8.34. The summed E-state index contributed by atoms with van der Waals surface area (Å²) in [6.07, 6.45) is -3.33. The van der Waals surface area contributed by atoms with Crippen molar-refractivity contribution in [1.29, 1.82) is 0 Å². The van der Waals surface area contributed by atoms with E-state index < -0.39 is 23.7 Å². The van der Waals surface area contributed by atoms with Crippen LogP contribution in [-0.2, 0) is 12.7 Å². The Labute approximate surface area is 208 Å². The number of aliphatic hydroxyl groups is 1. The van der Waals surface area contributed by atoms with Crippen LogP contribution in [0.5, 0.6) is 0 Å². The molecule has 3 aromatic heterocycles. The third-order valence-corrected chi connectivity index (χ3v) is 5.71. The Morgan fingerprint density at radius 3 is 2.46 bits per heavy atom. The highest BCUT2D eigenvalue weighted by Crippen LogP contribution is 2.31. The molecule has 4 aromatic rings. The minimum Gasteiger partial charge on any atom is -0.394 e. The van der Waals surface area contributed by atoms with Gasteiger partial charge in [0, 0.05) is 24.4 Å². The van der Waals surface area contributed by atoms with Crippen LogP contribution >= 0.6 is 0 Å². The first-order chi connectivity index (χ1) is 17.4. The Morgan fingerprint density at radius 1 is 1.11 bits per heavy atom. The van der Waals surface area contributed by atoms with Crippen LogP contribution < -0.4 is 10.6 Å². The molecule has 4 rings (SSSR count). The smallest absolute Gasteiger partial charge is 0.394 e. The molecule has 0 aliphatic rings. The lowest BCUT2D eigenvalue weighted by molar-refractivity contribution is -0.141. The zero-order chi connectivity index (χ0) is 27.1. The van der Waals surface area contributed by atoms with Crippen LogP contribution in [0.1, 0.15) is 37.8 Å². The summed E-state index contributed by atoms with van der Waals surface area (Å²) in [5, 5.41) is 13.3. The molecule has 3 N–H and O–H groups in total. The van der Waals surface area contributed by atoms with E-state index in [1.54, 1.807) is 32.2 Å². The first-order valence-corrected chi connectivity index (χ1v) is 11.0. The SMILES string of the molecule is Cc1cc(-c2ncc3nc(C(F)(F)F)cc(C)c3n2)ccc1N(C)C(=O)c1cc(C(N)=O)nn1CCO. The van der Waals surface area contributed by atoms with Gasteiger partial charge in [0.05, 0.1) is 24.9 Å². The summed E-state index contributed by atoms with van der Waals surface area (Å²) >= 11 is 0. The lowest BCUT2D eigenvalue weighted by atomic mass is 10.1. The second kappa shape index (κ2) is 9.58. The van der Waals surface area contributed by atoms with E-state index in [1.165, 1.54) is 28.8 Å². The van der Waals surface area contributed by atoms with Gasteiger partial charge in [-0.15, -0.1) is 0 Å². The number of benzene rings is 1. The molecule has 2 amide bonds. The number of fused-ring (bicyclic) bond motifs is 1. The minimum absolute atomic E-state index is 0.00183. The molecule has 0 saturated heterocycles. The molecule has 3 heterocycles. The van der Waals surface area contributed by atoms with Crippen LogP contribution in [0.25, 0.3) is 22.4 Å². The number of aromatic nitrogens is 5. The Hall–Kier alpha value is -4.39. The van der Waals surface area contributed by atoms with Crippen LogP contribution in [-0.4, -0.2) is 55.3 Å². The minimum atomic E-state index is -4.58. The van der Waals surface area contributed by atoms with Crippen molar-refractivity contribution in [3.63, 3.8) is 0 Å². The number of carbonyl (C=O) groups excluding carboxylic acids is 2. The van der Waals surface area contributed by atoms with Crippen molar-refractivity contribution in [1.82, 2.24) is 24.7 Å². The molecule has 0 unspecified atom stereocenters. The molecule has 0 fully saturated rings. The lowest BCUT2D eigenvalue weighted by Gasteiger charge is -2.20. The molecule has 192 valence electrons. The zero-order valence-corrected chi connectivity index (χ0v) is 20.0. The van der Waals surface area contributed by atoms with Gasteiger partial charge in [-0.3, -0.25) is 14.3 Å². The number of anilines is 1. The molecule has 0 saturated carbocycles. The molecule has 0 aliphatic heterocycles. The van der Waals surface area contributed by atoms with E-state index in [-0.39, 0.29) is 35.9 Å². The van der Waals surface area contributed by atoms with Crippen LogP contribution in [0.15, 0.2) is 36.5 Å². The van der Waals surface area contributed by atoms with Gasteiger partial charge in [-0.2, -0.15) is 18.3 Å². The first kappa shape index (κ1) is 25.7. The molecule has 10 nitrogen and oxygen atoms in total. The number of primary amides is 1. The van der Waals surface area contributed by atoms with Gasteiger partial charge in [-0.25, -0.2) is 15.0 Å². The number of pyridine rings is 1. The van der Waals surface area contributed by atoms with Crippen molar-refractivity contribution in [2.24, 2.45) is 5.73 Å². The van der Waals surface area contributed by atoms with Crippen molar-refractivity contribution in [3.05, 3.63) is 64.7 Å². The number of hydrogen-bond acceptors (Lipinski definition) is 7. The highest BCUT2D eigenvalue weighted by Gasteiger charge is 2.33. The highest BCUT2D eigenvalue weighted by molar-refractivity contribution is 6.06. The maximum absolute atomic E-state index is 13.2. The fourth-order valence-corrected chi connectivity index (χ4v) is 3.89. The lowest BCUT2D eigenvalue weighted by Crippen LogP contribution is -2.29. The molecular formula is C24H22F3N7O3. The predicted molar refractivity (Wildman–Crippen MR) is 128 cm³/mol. The average molecular weight is 513 g/mol. The molecule has 1 aromatic carbocycles. The van der Waals surface area contributed by atoms with Gasteiger partial charge in [-0.1, -0.05) is 0 Å². The van der Waals surface area contributed by atoms with Gasteiger partial charge in [0.1, 0.15) is 16.9 Å². The van der Waals surface area contributed by atoms with E-state index >= 15 is 0 Å². The van der Waals surface area contributed by atoms with E-state index in [0.717, 1.165) is 6.07 Å². The van der Waals surface area contributed by atoms with E-state index in [9.17, 15) is 27.9 Å². The molecule has 0 spiro atoms. The Bertz CT molecular complexity index is 1530. The summed E-state index contributed by atoms with van der Waals surface area (Å²) in [6.45, 7) is 3.00. The second-order valence-corrected chi connectivity index (χ2v) is 8.34. The third kappa shape index (κ3) is 4.98. The Kier molecular flexibility index (Phi) is 6.65. The summed E-state index contributed by atoms with van der Waals surface area (Å²) in [4.78, 5) is 38.3. The van der Waals surface area contributed by atoms with Gasteiger partial charge in [-0.05, 0) is 49.2 Å². The predicted octanol–water partition coefficient (Wildman–Crippen LogP) is 2.89. The number of halogens is 3. The standard InChI is InChI=1S/C24H22F3N7O3/c1-12-8-14(22-29-11-16-20(31-22)13(2)9-19(30-16)24(25,26)27)4-5-17(12)33(3)23(37)18-10-15(21(28)36)32-34(18)6-7-35/h4-5,8-11,35H,6-7H2,1-3H3,(H2,28,36). The normalized spacial score (nSPS) is 11.6. The Morgan fingerprint density at radius 2 is 1.84 bits per heavy atom. The number of carbonyl (C=O) groups is 2. The Balaban J connectivity index is 1.66. The summed E-state index contributed by atoms with van der Waals surface area (Å²) < 4.78 is 40.5. The molecular weight excluding hydrogens is 491 g/mol. The van der Waals surface area contributed by atoms with Crippen molar-refractivity contribution in [2.45, 2.75) is 26.6 Å². The largest absolute Gasteiger partial charge is 0.433 e. The van der Waals surface area contributed by atoms with Crippen molar-refractivity contribution >= 4 is 28.5 Å². The van der Waals surface area contributed by atoms with Crippen LogP contribution in [0, 0.1) is 13.8 Å². The summed E-state index contributed by atoms with van der Waals surface area (Å²) in [6, 6.07) is 7.31. The summed E-state index contributed by atoms with van der Waals surface area (Å²) in [5.74, 6) is -0.995. The number of hydrogen-bond donors (Lipinski definition) is 2. The summed E-state index contributed by atoms with van der Waals surface area (Å²) in [7, 11) is 1.55. The maximum atomic E-state index is 13.2. The number of amides is 2. The zero-order valence-electron chi connectivity index (χ0n) is 20.0. The van der Waals surface area contributed by atoms with E-state index in [4.69, 9.17) is 5.73 Å². The summed E-state index contributed by atoms with van der Waals surface area (Å²) in [5.41, 5.74) is 6.70. The number of aliphatic hydroxyl groups excluding tert-OH is 1. The van der Waals surface area contributed by atoms with Gasteiger partial charge in [0.25, 0.3) is 11.8 Å². The van der Waals surface area contributed by atoms with Gasteiger partial charge in [0.2, 0.25) is 0 Å². The van der Waals surface area contributed by atoms with Gasteiger partial charge < -0.3 is 15.7 Å². The molecule has 0 atom stereocenters. The van der Waals surface area contributed by atoms with E-state index in [1.807, 2.05) is 0 Å². The number of alkyl halides is 3. The van der Waals surface area contributed by atoms with Crippen molar-refractivity contribution in [2.75, 3.05) is 18.6 Å². The van der Waals surface area contributed by atoms with E-state index in [2.05, 4.69) is 20.1 Å². The molecule has 37 heavy (non-hydrogen) atoms. The van der Waals surface area contributed by atoms with Crippen molar-refractivity contribution < 1.29 is 27.9 Å². The fraction of sp³-hybridized carbons (Fsp3) is 0.250.